The van der Waals surface area contributed by atoms with E-state index in [-0.39, 0.29) is 0 Å². The third kappa shape index (κ3) is 2.13. The van der Waals surface area contributed by atoms with Crippen LogP contribution in [-0.4, -0.2) is 7.11 Å². The molecular weight excluding hydrogens is 198 g/mol. The van der Waals surface area contributed by atoms with Crippen LogP contribution in [0.3, 0.4) is 0 Å². The molecule has 0 aliphatic rings. The quantitative estimate of drug-likeness (QED) is 0.764. The van der Waals surface area contributed by atoms with Gasteiger partial charge in [0.2, 0.25) is 0 Å². The maximum atomic E-state index is 5.16. The van der Waals surface area contributed by atoms with Gasteiger partial charge in [0.1, 0.15) is 5.76 Å². The van der Waals surface area contributed by atoms with Gasteiger partial charge in [0.15, 0.2) is 4.67 Å². The Morgan fingerprint density at radius 3 is 3.00 bits per heavy atom. The average molecular weight is 206 g/mol. The second-order valence-electron chi connectivity index (χ2n) is 1.73. The molecule has 0 fully saturated rings. The number of halogens is 1. The molecule has 1 rings (SSSR count). The summed E-state index contributed by atoms with van der Waals surface area (Å²) in [6.07, 6.45) is 0. The van der Waals surface area contributed by atoms with Crippen LogP contribution in [0.25, 0.3) is 0 Å². The van der Waals surface area contributed by atoms with E-state index in [1.54, 1.807) is 7.11 Å². The van der Waals surface area contributed by atoms with Gasteiger partial charge in [0.25, 0.3) is 0 Å². The van der Waals surface area contributed by atoms with E-state index in [0.29, 0.717) is 6.54 Å². The molecule has 1 aromatic rings. The first kappa shape index (κ1) is 7.78. The van der Waals surface area contributed by atoms with E-state index in [4.69, 9.17) is 4.42 Å². The Kier molecular flexibility index (Phi) is 2.92. The molecule has 0 aliphatic heterocycles. The third-order valence-electron chi connectivity index (χ3n) is 1.02. The Balaban J connectivity index is 2.42. The van der Waals surface area contributed by atoms with Crippen molar-refractivity contribution < 1.29 is 9.25 Å². The zero-order valence-corrected chi connectivity index (χ0v) is 7.14. The highest BCUT2D eigenvalue weighted by Crippen LogP contribution is 2.13. The van der Waals surface area contributed by atoms with Crippen LogP contribution < -0.4 is 5.48 Å². The SMILES string of the molecule is CONCc1ccc(Br)o1. The predicted molar refractivity (Wildman–Crippen MR) is 40.3 cm³/mol. The summed E-state index contributed by atoms with van der Waals surface area (Å²) in [5.74, 6) is 0.841. The van der Waals surface area contributed by atoms with Crippen molar-refractivity contribution in [1.82, 2.24) is 5.48 Å². The third-order valence-corrected chi connectivity index (χ3v) is 1.45. The standard InChI is InChI=1S/C6H8BrNO2/c1-9-8-4-5-2-3-6(7)10-5/h2-3,8H,4H2,1H3. The molecule has 0 unspecified atom stereocenters. The van der Waals surface area contributed by atoms with Gasteiger partial charge in [-0.1, -0.05) is 0 Å². The van der Waals surface area contributed by atoms with Crippen LogP contribution in [0, 0.1) is 0 Å². The molecule has 0 bridgehead atoms. The van der Waals surface area contributed by atoms with Crippen molar-refractivity contribution in [3.8, 4) is 0 Å². The normalized spacial score (nSPS) is 10.2. The van der Waals surface area contributed by atoms with E-state index in [9.17, 15) is 0 Å². The van der Waals surface area contributed by atoms with Crippen molar-refractivity contribution in [2.45, 2.75) is 6.54 Å². The van der Waals surface area contributed by atoms with Crippen molar-refractivity contribution in [3.63, 3.8) is 0 Å². The van der Waals surface area contributed by atoms with Crippen LogP contribution in [-0.2, 0) is 11.4 Å². The molecule has 0 saturated carbocycles. The van der Waals surface area contributed by atoms with Gasteiger partial charge in [0, 0.05) is 0 Å². The zero-order chi connectivity index (χ0) is 7.40. The summed E-state index contributed by atoms with van der Waals surface area (Å²) in [4.78, 5) is 4.63. The average Bonchev–Trinajstić information content (AvgIpc) is 2.31. The summed E-state index contributed by atoms with van der Waals surface area (Å²) in [7, 11) is 1.57. The summed E-state index contributed by atoms with van der Waals surface area (Å²) >= 11 is 3.19. The second kappa shape index (κ2) is 3.75. The first-order chi connectivity index (χ1) is 4.83. The Morgan fingerprint density at radius 1 is 1.70 bits per heavy atom. The van der Waals surface area contributed by atoms with E-state index >= 15 is 0 Å². The van der Waals surface area contributed by atoms with Crippen LogP contribution in [0.5, 0.6) is 0 Å². The number of hydrogen-bond donors (Lipinski definition) is 1. The Morgan fingerprint density at radius 2 is 2.50 bits per heavy atom. The maximum Gasteiger partial charge on any atom is 0.169 e. The lowest BCUT2D eigenvalue weighted by atomic mass is 10.5. The van der Waals surface area contributed by atoms with Crippen LogP contribution in [0.4, 0.5) is 0 Å². The fraction of sp³-hybridized carbons (Fsp3) is 0.333. The fourth-order valence-electron chi connectivity index (χ4n) is 0.590. The molecule has 1 N–H and O–H groups in total. The molecule has 3 nitrogen and oxygen atoms in total. The van der Waals surface area contributed by atoms with Gasteiger partial charge in [0.05, 0.1) is 13.7 Å². The highest BCUT2D eigenvalue weighted by molar-refractivity contribution is 9.10. The largest absolute Gasteiger partial charge is 0.453 e. The van der Waals surface area contributed by atoms with Crippen molar-refractivity contribution in [2.75, 3.05) is 7.11 Å². The fourth-order valence-corrected chi connectivity index (χ4v) is 0.930. The topological polar surface area (TPSA) is 34.4 Å². The minimum atomic E-state index is 0.585. The highest BCUT2D eigenvalue weighted by atomic mass is 79.9. The van der Waals surface area contributed by atoms with Gasteiger partial charge in [-0.15, -0.1) is 0 Å². The molecule has 0 amide bonds. The maximum absolute atomic E-state index is 5.16. The van der Waals surface area contributed by atoms with E-state index < -0.39 is 0 Å². The minimum absolute atomic E-state index is 0.585. The molecule has 1 aromatic heterocycles. The number of hydroxylamine groups is 1. The predicted octanol–water partition coefficient (Wildman–Crippen LogP) is 1.69. The monoisotopic (exact) mass is 205 g/mol. The van der Waals surface area contributed by atoms with E-state index in [1.807, 2.05) is 12.1 Å². The first-order valence-corrected chi connectivity index (χ1v) is 3.62. The second-order valence-corrected chi connectivity index (χ2v) is 2.51. The summed E-state index contributed by atoms with van der Waals surface area (Å²) in [5, 5.41) is 0. The van der Waals surface area contributed by atoms with Gasteiger partial charge < -0.3 is 9.25 Å². The Bertz CT molecular complexity index is 199. The summed E-state index contributed by atoms with van der Waals surface area (Å²) in [6, 6.07) is 3.71. The summed E-state index contributed by atoms with van der Waals surface area (Å²) < 4.78 is 5.90. The van der Waals surface area contributed by atoms with Gasteiger partial charge in [-0.25, -0.2) is 0 Å². The number of nitrogens with one attached hydrogen (secondary N) is 1. The van der Waals surface area contributed by atoms with Crippen LogP contribution >= 0.6 is 15.9 Å². The van der Waals surface area contributed by atoms with Crippen LogP contribution in [0.1, 0.15) is 5.76 Å². The molecule has 0 aromatic carbocycles. The van der Waals surface area contributed by atoms with Gasteiger partial charge in [-0.2, -0.15) is 5.48 Å². The van der Waals surface area contributed by atoms with E-state index in [1.165, 1.54) is 0 Å². The lowest BCUT2D eigenvalue weighted by Crippen LogP contribution is -2.09. The molecule has 0 atom stereocenters. The highest BCUT2D eigenvalue weighted by Gasteiger charge is 1.96. The minimum Gasteiger partial charge on any atom is -0.453 e. The van der Waals surface area contributed by atoms with Crippen molar-refractivity contribution >= 4 is 15.9 Å². The van der Waals surface area contributed by atoms with Gasteiger partial charge in [-0.3, -0.25) is 0 Å². The molecular formula is C6H8BrNO2. The molecule has 56 valence electrons. The number of hydrogen-bond acceptors (Lipinski definition) is 3. The Labute approximate surface area is 67.4 Å². The summed E-state index contributed by atoms with van der Waals surface area (Å²) in [5.41, 5.74) is 2.66. The summed E-state index contributed by atoms with van der Waals surface area (Å²) in [6.45, 7) is 0.585. The van der Waals surface area contributed by atoms with E-state index in [2.05, 4.69) is 26.2 Å². The van der Waals surface area contributed by atoms with Crippen molar-refractivity contribution in [1.29, 1.82) is 0 Å². The Hall–Kier alpha value is -0.320. The smallest absolute Gasteiger partial charge is 0.169 e. The van der Waals surface area contributed by atoms with Crippen molar-refractivity contribution in [2.24, 2.45) is 0 Å². The van der Waals surface area contributed by atoms with Crippen LogP contribution in [0.15, 0.2) is 21.2 Å². The van der Waals surface area contributed by atoms with Gasteiger partial charge >= 0.3 is 0 Å². The first-order valence-electron chi connectivity index (χ1n) is 2.83. The number of furan rings is 1. The molecule has 0 radical (unpaired) electrons. The van der Waals surface area contributed by atoms with Crippen LogP contribution in [0.2, 0.25) is 0 Å². The van der Waals surface area contributed by atoms with Crippen molar-refractivity contribution in [3.05, 3.63) is 22.6 Å². The van der Waals surface area contributed by atoms with Gasteiger partial charge in [-0.05, 0) is 28.1 Å². The van der Waals surface area contributed by atoms with E-state index in [0.717, 1.165) is 10.4 Å². The molecule has 10 heavy (non-hydrogen) atoms. The molecule has 0 saturated heterocycles. The number of rotatable bonds is 3. The molecule has 0 spiro atoms. The lowest BCUT2D eigenvalue weighted by Gasteiger charge is -1.95. The molecule has 4 heteroatoms. The lowest BCUT2D eigenvalue weighted by molar-refractivity contribution is 0.0816. The zero-order valence-electron chi connectivity index (χ0n) is 5.56. The molecule has 1 heterocycles. The molecule has 0 aliphatic carbocycles.